The van der Waals surface area contributed by atoms with Crippen molar-refractivity contribution < 1.29 is 18.7 Å². The van der Waals surface area contributed by atoms with Gasteiger partial charge in [-0.2, -0.15) is 0 Å². The lowest BCUT2D eigenvalue weighted by Gasteiger charge is -2.24. The summed E-state index contributed by atoms with van der Waals surface area (Å²) in [6.07, 6.45) is 1.31. The lowest BCUT2D eigenvalue weighted by atomic mass is 9.80. The fourth-order valence-electron chi connectivity index (χ4n) is 1.99. The summed E-state index contributed by atoms with van der Waals surface area (Å²) in [5.74, 6) is -2.29. The number of rotatable bonds is 5. The van der Waals surface area contributed by atoms with Crippen LogP contribution in [0.3, 0.4) is 0 Å². The molecule has 1 aromatic carbocycles. The summed E-state index contributed by atoms with van der Waals surface area (Å²) in [5.41, 5.74) is -0.601. The van der Waals surface area contributed by atoms with Gasteiger partial charge in [-0.15, -0.1) is 0 Å². The normalized spacial score (nSPS) is 14.4. The molecule has 1 unspecified atom stereocenters. The average molecular weight is 242 g/mol. The molecule has 0 aliphatic heterocycles. The molecular formula is C13H16F2O2. The van der Waals surface area contributed by atoms with Crippen LogP contribution in [0.25, 0.3) is 0 Å². The first-order chi connectivity index (χ1) is 7.87. The number of aliphatic carboxylic acids is 1. The minimum atomic E-state index is -0.977. The van der Waals surface area contributed by atoms with Gasteiger partial charge in [-0.1, -0.05) is 13.3 Å². The highest BCUT2D eigenvalue weighted by Crippen LogP contribution is 2.29. The molecule has 0 fully saturated rings. The van der Waals surface area contributed by atoms with E-state index in [4.69, 9.17) is 0 Å². The van der Waals surface area contributed by atoms with Crippen LogP contribution in [-0.4, -0.2) is 11.1 Å². The van der Waals surface area contributed by atoms with Crippen molar-refractivity contribution in [1.82, 2.24) is 0 Å². The number of hydrogen-bond acceptors (Lipinski definition) is 1. The van der Waals surface area contributed by atoms with Gasteiger partial charge in [0.05, 0.1) is 5.41 Å². The zero-order chi connectivity index (χ0) is 13.1. The summed E-state index contributed by atoms with van der Waals surface area (Å²) >= 11 is 0. The molecule has 4 heteroatoms. The second-order valence-electron chi connectivity index (χ2n) is 4.57. The Hall–Kier alpha value is -1.45. The van der Waals surface area contributed by atoms with Crippen LogP contribution in [-0.2, 0) is 11.2 Å². The van der Waals surface area contributed by atoms with Crippen molar-refractivity contribution in [3.63, 3.8) is 0 Å². The van der Waals surface area contributed by atoms with Gasteiger partial charge in [0.15, 0.2) is 0 Å². The average Bonchev–Trinajstić information content (AvgIpc) is 2.15. The van der Waals surface area contributed by atoms with Crippen molar-refractivity contribution in [1.29, 1.82) is 0 Å². The predicted octanol–water partition coefficient (Wildman–Crippen LogP) is 3.40. The quantitative estimate of drug-likeness (QED) is 0.859. The molecule has 0 saturated carbocycles. The van der Waals surface area contributed by atoms with Crippen LogP contribution < -0.4 is 0 Å². The second kappa shape index (κ2) is 5.25. The first-order valence-electron chi connectivity index (χ1n) is 5.56. The topological polar surface area (TPSA) is 37.3 Å². The number of carboxylic acids is 1. The van der Waals surface area contributed by atoms with E-state index in [1.54, 1.807) is 6.92 Å². The molecule has 0 amide bonds. The van der Waals surface area contributed by atoms with E-state index in [1.807, 2.05) is 6.92 Å². The van der Waals surface area contributed by atoms with Crippen molar-refractivity contribution in [2.24, 2.45) is 5.41 Å². The number of carboxylic acid groups (broad SMARTS) is 1. The third-order valence-corrected chi connectivity index (χ3v) is 2.83. The van der Waals surface area contributed by atoms with Gasteiger partial charge in [0, 0.05) is 6.07 Å². The molecule has 0 bridgehead atoms. The monoisotopic (exact) mass is 242 g/mol. The number of halogens is 2. The molecule has 0 aliphatic rings. The summed E-state index contributed by atoms with van der Waals surface area (Å²) < 4.78 is 26.0. The molecule has 1 atom stereocenters. The van der Waals surface area contributed by atoms with Crippen LogP contribution in [0.2, 0.25) is 0 Å². The number of carbonyl (C=O) groups is 1. The SMILES string of the molecule is CCCC(C)(Cc1cc(F)cc(F)c1)C(=O)O. The first kappa shape index (κ1) is 13.6. The Labute approximate surface area is 99.3 Å². The van der Waals surface area contributed by atoms with E-state index >= 15 is 0 Å². The van der Waals surface area contributed by atoms with Gasteiger partial charge in [-0.3, -0.25) is 4.79 Å². The van der Waals surface area contributed by atoms with Gasteiger partial charge >= 0.3 is 5.97 Å². The van der Waals surface area contributed by atoms with Gasteiger partial charge < -0.3 is 5.11 Å². The Balaban J connectivity index is 2.97. The predicted molar refractivity (Wildman–Crippen MR) is 60.7 cm³/mol. The molecule has 0 spiro atoms. The maximum atomic E-state index is 13.0. The molecule has 1 aromatic rings. The van der Waals surface area contributed by atoms with E-state index in [-0.39, 0.29) is 6.42 Å². The highest BCUT2D eigenvalue weighted by Gasteiger charge is 2.32. The summed E-state index contributed by atoms with van der Waals surface area (Å²) in [4.78, 5) is 11.2. The van der Waals surface area contributed by atoms with Crippen molar-refractivity contribution in [3.8, 4) is 0 Å². The van der Waals surface area contributed by atoms with Gasteiger partial charge in [0.25, 0.3) is 0 Å². The Bertz CT molecular complexity index is 398. The van der Waals surface area contributed by atoms with Crippen molar-refractivity contribution in [2.75, 3.05) is 0 Å². The molecule has 1 rings (SSSR count). The van der Waals surface area contributed by atoms with Crippen LogP contribution >= 0.6 is 0 Å². The van der Waals surface area contributed by atoms with Crippen molar-refractivity contribution in [2.45, 2.75) is 33.1 Å². The number of hydrogen-bond donors (Lipinski definition) is 1. The van der Waals surface area contributed by atoms with E-state index < -0.39 is 23.0 Å². The Morgan fingerprint density at radius 2 is 1.82 bits per heavy atom. The van der Waals surface area contributed by atoms with Gasteiger partial charge in [-0.05, 0) is 37.5 Å². The lowest BCUT2D eigenvalue weighted by molar-refractivity contribution is -0.148. The Kier molecular flexibility index (Phi) is 4.21. The largest absolute Gasteiger partial charge is 0.481 e. The molecule has 94 valence electrons. The third-order valence-electron chi connectivity index (χ3n) is 2.83. The van der Waals surface area contributed by atoms with E-state index in [9.17, 15) is 18.7 Å². The van der Waals surface area contributed by atoms with Crippen LogP contribution in [0, 0.1) is 17.0 Å². The van der Waals surface area contributed by atoms with Gasteiger partial charge in [0.2, 0.25) is 0 Å². The molecule has 0 heterocycles. The summed E-state index contributed by atoms with van der Waals surface area (Å²) in [5, 5.41) is 9.18. The van der Waals surface area contributed by atoms with E-state index in [0.29, 0.717) is 18.4 Å². The van der Waals surface area contributed by atoms with E-state index in [0.717, 1.165) is 6.07 Å². The maximum absolute atomic E-state index is 13.0. The van der Waals surface area contributed by atoms with Gasteiger partial charge in [0.1, 0.15) is 11.6 Å². The fourth-order valence-corrected chi connectivity index (χ4v) is 1.99. The summed E-state index contributed by atoms with van der Waals surface area (Å²) in [7, 11) is 0. The summed E-state index contributed by atoms with van der Waals surface area (Å²) in [6.45, 7) is 3.48. The van der Waals surface area contributed by atoms with Crippen molar-refractivity contribution >= 4 is 5.97 Å². The van der Waals surface area contributed by atoms with Crippen LogP contribution in [0.1, 0.15) is 32.3 Å². The second-order valence-corrected chi connectivity index (χ2v) is 4.57. The molecule has 2 nitrogen and oxygen atoms in total. The van der Waals surface area contributed by atoms with Crippen molar-refractivity contribution in [3.05, 3.63) is 35.4 Å². The van der Waals surface area contributed by atoms with Gasteiger partial charge in [-0.25, -0.2) is 8.78 Å². The lowest BCUT2D eigenvalue weighted by Crippen LogP contribution is -2.30. The van der Waals surface area contributed by atoms with E-state index in [2.05, 4.69) is 0 Å². The molecular weight excluding hydrogens is 226 g/mol. The third kappa shape index (κ3) is 3.51. The fraction of sp³-hybridized carbons (Fsp3) is 0.462. The highest BCUT2D eigenvalue weighted by molar-refractivity contribution is 5.74. The maximum Gasteiger partial charge on any atom is 0.309 e. The van der Waals surface area contributed by atoms with Crippen LogP contribution in [0.15, 0.2) is 18.2 Å². The smallest absolute Gasteiger partial charge is 0.309 e. The minimum absolute atomic E-state index is 0.130. The van der Waals surface area contributed by atoms with Crippen LogP contribution in [0.4, 0.5) is 8.78 Å². The highest BCUT2D eigenvalue weighted by atomic mass is 19.1. The standard InChI is InChI=1S/C13H16F2O2/c1-3-4-13(2,12(16)17)8-9-5-10(14)7-11(15)6-9/h5-7H,3-4,8H2,1-2H3,(H,16,17). The van der Waals surface area contributed by atoms with Crippen LogP contribution in [0.5, 0.6) is 0 Å². The minimum Gasteiger partial charge on any atom is -0.481 e. The molecule has 0 radical (unpaired) electrons. The molecule has 0 aliphatic carbocycles. The molecule has 17 heavy (non-hydrogen) atoms. The number of benzene rings is 1. The molecule has 0 aromatic heterocycles. The molecule has 0 saturated heterocycles. The molecule has 1 N–H and O–H groups in total. The Morgan fingerprint density at radius 1 is 1.29 bits per heavy atom. The summed E-state index contributed by atoms with van der Waals surface area (Å²) in [6, 6.07) is 3.14. The Morgan fingerprint density at radius 3 is 2.24 bits per heavy atom. The zero-order valence-corrected chi connectivity index (χ0v) is 9.96. The van der Waals surface area contributed by atoms with E-state index in [1.165, 1.54) is 12.1 Å². The zero-order valence-electron chi connectivity index (χ0n) is 9.96. The first-order valence-corrected chi connectivity index (χ1v) is 5.56.